The number of benzene rings is 2. The fourth-order valence-corrected chi connectivity index (χ4v) is 3.25. The summed E-state index contributed by atoms with van der Waals surface area (Å²) in [6.07, 6.45) is 1.20. The molecule has 1 fully saturated rings. The molecule has 3 rings (SSSR count). The first-order valence-electron chi connectivity index (χ1n) is 6.91. The van der Waals surface area contributed by atoms with Gasteiger partial charge in [0.15, 0.2) is 0 Å². The van der Waals surface area contributed by atoms with Gasteiger partial charge in [0, 0.05) is 35.2 Å². The van der Waals surface area contributed by atoms with Crippen molar-refractivity contribution in [3.05, 3.63) is 58.6 Å². The van der Waals surface area contributed by atoms with Crippen LogP contribution in [-0.2, 0) is 0 Å². The quantitative estimate of drug-likeness (QED) is 0.823. The molecule has 0 aliphatic carbocycles. The maximum atomic E-state index is 5.31. The molecule has 2 aromatic carbocycles. The van der Waals surface area contributed by atoms with E-state index >= 15 is 0 Å². The van der Waals surface area contributed by atoms with E-state index < -0.39 is 0 Å². The van der Waals surface area contributed by atoms with Crippen LogP contribution in [0.1, 0.15) is 17.9 Å². The van der Waals surface area contributed by atoms with Crippen LogP contribution in [0.3, 0.4) is 0 Å². The summed E-state index contributed by atoms with van der Waals surface area (Å²) < 4.78 is 6.47. The molecule has 1 aliphatic rings. The maximum Gasteiger partial charge on any atom is 0.120 e. The van der Waals surface area contributed by atoms with Gasteiger partial charge in [-0.25, -0.2) is 0 Å². The molecule has 104 valence electrons. The monoisotopic (exact) mass is 331 g/mol. The molecule has 20 heavy (non-hydrogen) atoms. The Morgan fingerprint density at radius 1 is 1.15 bits per heavy atom. The van der Waals surface area contributed by atoms with Crippen molar-refractivity contribution in [2.24, 2.45) is 0 Å². The van der Waals surface area contributed by atoms with E-state index in [1.807, 2.05) is 6.07 Å². The fourth-order valence-electron chi connectivity index (χ4n) is 2.83. The Morgan fingerprint density at radius 2 is 2.00 bits per heavy atom. The Balaban J connectivity index is 1.76. The van der Waals surface area contributed by atoms with Crippen LogP contribution in [0.15, 0.2) is 53.0 Å². The predicted octanol–water partition coefficient (Wildman–Crippen LogP) is 4.45. The third-order valence-electron chi connectivity index (χ3n) is 3.93. The normalized spacial score (nSPS) is 18.3. The van der Waals surface area contributed by atoms with Gasteiger partial charge in [-0.15, -0.1) is 0 Å². The number of nitrogens with zero attached hydrogens (tertiary/aromatic N) is 1. The number of hydrogen-bond acceptors (Lipinski definition) is 2. The summed E-state index contributed by atoms with van der Waals surface area (Å²) in [4.78, 5) is 2.44. The summed E-state index contributed by atoms with van der Waals surface area (Å²) in [6.45, 7) is 2.17. The second-order valence-corrected chi connectivity index (χ2v) is 6.10. The van der Waals surface area contributed by atoms with Crippen LogP contribution in [0, 0.1) is 0 Å². The average Bonchev–Trinajstić information content (AvgIpc) is 2.97. The molecule has 0 aromatic heterocycles. The Kier molecular flexibility index (Phi) is 3.97. The SMILES string of the molecule is COc1cccc(N2CCC(c3cccc(Br)c3)C2)c1. The summed E-state index contributed by atoms with van der Waals surface area (Å²) in [7, 11) is 1.72. The second-order valence-electron chi connectivity index (χ2n) is 5.19. The van der Waals surface area contributed by atoms with Gasteiger partial charge in [0.05, 0.1) is 7.11 Å². The summed E-state index contributed by atoms with van der Waals surface area (Å²) >= 11 is 3.56. The van der Waals surface area contributed by atoms with E-state index in [-0.39, 0.29) is 0 Å². The lowest BCUT2D eigenvalue weighted by atomic mass is 9.99. The minimum absolute atomic E-state index is 0.610. The van der Waals surface area contributed by atoms with Crippen molar-refractivity contribution in [2.45, 2.75) is 12.3 Å². The summed E-state index contributed by atoms with van der Waals surface area (Å²) in [5.74, 6) is 1.53. The van der Waals surface area contributed by atoms with Gasteiger partial charge in [-0.3, -0.25) is 0 Å². The minimum Gasteiger partial charge on any atom is -0.497 e. The lowest BCUT2D eigenvalue weighted by Gasteiger charge is -2.19. The molecule has 3 heteroatoms. The van der Waals surface area contributed by atoms with Crippen molar-refractivity contribution in [3.63, 3.8) is 0 Å². The largest absolute Gasteiger partial charge is 0.497 e. The number of ether oxygens (including phenoxy) is 1. The van der Waals surface area contributed by atoms with Crippen molar-refractivity contribution >= 4 is 21.6 Å². The number of methoxy groups -OCH3 is 1. The molecular formula is C17H18BrNO. The van der Waals surface area contributed by atoms with Gasteiger partial charge >= 0.3 is 0 Å². The lowest BCUT2D eigenvalue weighted by Crippen LogP contribution is -2.19. The Bertz CT molecular complexity index is 599. The third-order valence-corrected chi connectivity index (χ3v) is 4.42. The molecule has 0 amide bonds. The maximum absolute atomic E-state index is 5.31. The van der Waals surface area contributed by atoms with Gasteiger partial charge in [-0.1, -0.05) is 34.1 Å². The van der Waals surface area contributed by atoms with Gasteiger partial charge in [0.1, 0.15) is 5.75 Å². The molecule has 2 aromatic rings. The zero-order valence-corrected chi connectivity index (χ0v) is 13.1. The topological polar surface area (TPSA) is 12.5 Å². The second kappa shape index (κ2) is 5.88. The molecule has 1 saturated heterocycles. The zero-order chi connectivity index (χ0) is 13.9. The molecule has 1 unspecified atom stereocenters. The molecule has 0 radical (unpaired) electrons. The highest BCUT2D eigenvalue weighted by atomic mass is 79.9. The molecule has 1 aliphatic heterocycles. The molecule has 1 heterocycles. The summed E-state index contributed by atoms with van der Waals surface area (Å²) in [5, 5.41) is 0. The van der Waals surface area contributed by atoms with E-state index in [9.17, 15) is 0 Å². The Hall–Kier alpha value is -1.48. The zero-order valence-electron chi connectivity index (χ0n) is 11.6. The molecule has 0 saturated carbocycles. The number of rotatable bonds is 3. The smallest absolute Gasteiger partial charge is 0.120 e. The van der Waals surface area contributed by atoms with Gasteiger partial charge in [-0.2, -0.15) is 0 Å². The summed E-state index contributed by atoms with van der Waals surface area (Å²) in [5.41, 5.74) is 2.67. The van der Waals surface area contributed by atoms with Gasteiger partial charge in [-0.05, 0) is 36.2 Å². The molecule has 2 nitrogen and oxygen atoms in total. The van der Waals surface area contributed by atoms with Crippen molar-refractivity contribution in [1.29, 1.82) is 0 Å². The lowest BCUT2D eigenvalue weighted by molar-refractivity contribution is 0.415. The van der Waals surface area contributed by atoms with Crippen LogP contribution >= 0.6 is 15.9 Å². The van der Waals surface area contributed by atoms with Crippen LogP contribution in [0.25, 0.3) is 0 Å². The first kappa shape index (κ1) is 13.5. The van der Waals surface area contributed by atoms with Crippen LogP contribution < -0.4 is 9.64 Å². The van der Waals surface area contributed by atoms with E-state index in [2.05, 4.69) is 63.3 Å². The first-order chi connectivity index (χ1) is 9.76. The van der Waals surface area contributed by atoms with Gasteiger partial charge in [0.25, 0.3) is 0 Å². The average molecular weight is 332 g/mol. The minimum atomic E-state index is 0.610. The predicted molar refractivity (Wildman–Crippen MR) is 86.7 cm³/mol. The molecular weight excluding hydrogens is 314 g/mol. The highest BCUT2D eigenvalue weighted by Gasteiger charge is 2.24. The van der Waals surface area contributed by atoms with E-state index in [0.29, 0.717) is 5.92 Å². The van der Waals surface area contributed by atoms with Crippen molar-refractivity contribution in [1.82, 2.24) is 0 Å². The van der Waals surface area contributed by atoms with Crippen molar-refractivity contribution < 1.29 is 4.74 Å². The van der Waals surface area contributed by atoms with Crippen LogP contribution in [0.5, 0.6) is 5.75 Å². The molecule has 0 spiro atoms. The van der Waals surface area contributed by atoms with E-state index in [0.717, 1.165) is 23.3 Å². The van der Waals surface area contributed by atoms with E-state index in [1.165, 1.54) is 17.7 Å². The number of anilines is 1. The first-order valence-corrected chi connectivity index (χ1v) is 7.70. The van der Waals surface area contributed by atoms with Crippen LogP contribution in [0.2, 0.25) is 0 Å². The van der Waals surface area contributed by atoms with E-state index in [4.69, 9.17) is 4.74 Å². The van der Waals surface area contributed by atoms with E-state index in [1.54, 1.807) is 7.11 Å². The molecule has 0 bridgehead atoms. The third kappa shape index (κ3) is 2.83. The van der Waals surface area contributed by atoms with Crippen molar-refractivity contribution in [2.75, 3.05) is 25.1 Å². The standard InChI is InChI=1S/C17H18BrNO/c1-20-17-7-3-6-16(11-17)19-9-8-14(12-19)13-4-2-5-15(18)10-13/h2-7,10-11,14H,8-9,12H2,1H3. The number of halogens is 1. The van der Waals surface area contributed by atoms with Crippen LogP contribution in [0.4, 0.5) is 5.69 Å². The highest BCUT2D eigenvalue weighted by Crippen LogP contribution is 2.32. The fraction of sp³-hybridized carbons (Fsp3) is 0.294. The Labute approximate surface area is 128 Å². The van der Waals surface area contributed by atoms with Gasteiger partial charge < -0.3 is 9.64 Å². The van der Waals surface area contributed by atoms with Crippen molar-refractivity contribution in [3.8, 4) is 5.75 Å². The van der Waals surface area contributed by atoms with Gasteiger partial charge in [0.2, 0.25) is 0 Å². The summed E-state index contributed by atoms with van der Waals surface area (Å²) in [6, 6.07) is 17.0. The molecule has 0 N–H and O–H groups in total. The van der Waals surface area contributed by atoms with Crippen LogP contribution in [-0.4, -0.2) is 20.2 Å². The Morgan fingerprint density at radius 3 is 2.80 bits per heavy atom. The number of hydrogen-bond donors (Lipinski definition) is 0. The highest BCUT2D eigenvalue weighted by molar-refractivity contribution is 9.10. The molecule has 1 atom stereocenters.